The summed E-state index contributed by atoms with van der Waals surface area (Å²) in [6, 6.07) is 10.1. The summed E-state index contributed by atoms with van der Waals surface area (Å²) < 4.78 is 0. The summed E-state index contributed by atoms with van der Waals surface area (Å²) in [6.45, 7) is 0.162. The van der Waals surface area contributed by atoms with Gasteiger partial charge in [-0.05, 0) is 5.56 Å². The molecule has 0 aliphatic carbocycles. The number of hydrogen-bond donors (Lipinski definition) is 3. The van der Waals surface area contributed by atoms with E-state index in [4.69, 9.17) is 5.11 Å². The van der Waals surface area contributed by atoms with E-state index in [9.17, 15) is 0 Å². The van der Waals surface area contributed by atoms with Gasteiger partial charge in [0.2, 0.25) is 0 Å². The highest BCUT2D eigenvalue weighted by atomic mass is 33.5. The van der Waals surface area contributed by atoms with Crippen molar-refractivity contribution < 1.29 is 5.11 Å². The molecule has 74 valence electrons. The van der Waals surface area contributed by atoms with Gasteiger partial charge in [0.1, 0.15) is 0 Å². The standard InChI is InChI=1S/C9H14OS3/c10-6-7-13(11,12)8-9-4-2-1-3-5-9/h1-5,10-12H,6-8H2. The first-order valence-electron chi connectivity index (χ1n) is 4.02. The molecule has 1 rings (SSSR count). The molecule has 0 amide bonds. The molecule has 0 aliphatic heterocycles. The smallest absolute Gasteiger partial charge is 0.0522 e. The Balaban J connectivity index is 2.58. The first-order chi connectivity index (χ1) is 6.14. The lowest BCUT2D eigenvalue weighted by molar-refractivity contribution is 0.322. The number of benzene rings is 1. The second-order valence-electron chi connectivity index (χ2n) is 2.86. The molecule has 0 bridgehead atoms. The fourth-order valence-corrected chi connectivity index (χ4v) is 3.61. The fourth-order valence-electron chi connectivity index (χ4n) is 1.06. The van der Waals surface area contributed by atoms with Gasteiger partial charge in [-0.2, -0.15) is 0 Å². The van der Waals surface area contributed by atoms with Crippen LogP contribution in [-0.2, 0) is 5.75 Å². The monoisotopic (exact) mass is 234 g/mol. The van der Waals surface area contributed by atoms with Crippen LogP contribution in [0.5, 0.6) is 0 Å². The van der Waals surface area contributed by atoms with Crippen molar-refractivity contribution in [1.29, 1.82) is 0 Å². The molecule has 0 atom stereocenters. The molecule has 0 fully saturated rings. The van der Waals surface area contributed by atoms with Crippen LogP contribution >= 0.6 is 31.4 Å². The van der Waals surface area contributed by atoms with Crippen LogP contribution < -0.4 is 0 Å². The second-order valence-corrected chi connectivity index (χ2v) is 10.2. The predicted octanol–water partition coefficient (Wildman–Crippen LogP) is 2.67. The van der Waals surface area contributed by atoms with Gasteiger partial charge in [-0.25, -0.2) is 0 Å². The summed E-state index contributed by atoms with van der Waals surface area (Å²) in [5, 5.41) is 8.80. The maximum atomic E-state index is 8.80. The van der Waals surface area contributed by atoms with Crippen LogP contribution in [0.4, 0.5) is 0 Å². The Bertz CT molecular complexity index is 248. The zero-order chi connectivity index (χ0) is 9.73. The molecule has 0 heterocycles. The van der Waals surface area contributed by atoms with Crippen molar-refractivity contribution in [2.45, 2.75) is 5.75 Å². The van der Waals surface area contributed by atoms with E-state index in [0.29, 0.717) is 5.75 Å². The molecule has 1 aromatic carbocycles. The SMILES string of the molecule is OCCS(S)(S)Cc1ccccc1. The highest BCUT2D eigenvalue weighted by Crippen LogP contribution is 2.59. The van der Waals surface area contributed by atoms with Crippen LogP contribution in [0.1, 0.15) is 5.56 Å². The molecule has 0 aliphatic rings. The molecule has 0 saturated heterocycles. The Labute approximate surface area is 90.5 Å². The van der Waals surface area contributed by atoms with Crippen LogP contribution in [0.25, 0.3) is 0 Å². The van der Waals surface area contributed by atoms with Gasteiger partial charge in [0.05, 0.1) is 6.61 Å². The van der Waals surface area contributed by atoms with E-state index in [1.807, 2.05) is 18.2 Å². The Kier molecular flexibility index (Phi) is 4.52. The van der Waals surface area contributed by atoms with Gasteiger partial charge >= 0.3 is 0 Å². The minimum Gasteiger partial charge on any atom is -0.396 e. The average Bonchev–Trinajstić information content (AvgIpc) is 2.04. The molecule has 0 saturated carbocycles. The maximum absolute atomic E-state index is 8.80. The van der Waals surface area contributed by atoms with Gasteiger partial charge in [0.25, 0.3) is 0 Å². The van der Waals surface area contributed by atoms with Gasteiger partial charge in [-0.3, -0.25) is 0 Å². The van der Waals surface area contributed by atoms with Crippen molar-refractivity contribution in [3.05, 3.63) is 35.9 Å². The first kappa shape index (κ1) is 11.3. The summed E-state index contributed by atoms with van der Waals surface area (Å²) in [5.41, 5.74) is 1.23. The lowest BCUT2D eigenvalue weighted by Gasteiger charge is -2.27. The third-order valence-electron chi connectivity index (χ3n) is 1.66. The van der Waals surface area contributed by atoms with E-state index in [2.05, 4.69) is 35.5 Å². The Hall–Kier alpha value is 0.230. The molecule has 0 spiro atoms. The van der Waals surface area contributed by atoms with Gasteiger partial charge < -0.3 is 5.11 Å². The van der Waals surface area contributed by atoms with Crippen LogP contribution in [0.2, 0.25) is 0 Å². The van der Waals surface area contributed by atoms with Crippen molar-refractivity contribution in [3.8, 4) is 0 Å². The first-order valence-corrected chi connectivity index (χ1v) is 8.10. The molecule has 0 radical (unpaired) electrons. The van der Waals surface area contributed by atoms with Gasteiger partial charge in [0.15, 0.2) is 0 Å². The third kappa shape index (κ3) is 4.31. The minimum absolute atomic E-state index is 0.162. The van der Waals surface area contributed by atoms with E-state index in [1.54, 1.807) is 0 Å². The Morgan fingerprint density at radius 2 is 1.77 bits per heavy atom. The molecule has 1 N–H and O–H groups in total. The summed E-state index contributed by atoms with van der Waals surface area (Å²) in [6.07, 6.45) is 0. The molecule has 1 nitrogen and oxygen atoms in total. The highest BCUT2D eigenvalue weighted by molar-refractivity contribution is 9.17. The molecule has 1 aromatic rings. The zero-order valence-electron chi connectivity index (χ0n) is 7.26. The number of hydrogen-bond acceptors (Lipinski definition) is 3. The number of aliphatic hydroxyl groups excluding tert-OH is 1. The molecule has 13 heavy (non-hydrogen) atoms. The summed E-state index contributed by atoms with van der Waals surface area (Å²) in [7, 11) is -1.25. The van der Waals surface area contributed by atoms with E-state index in [-0.39, 0.29) is 6.61 Å². The maximum Gasteiger partial charge on any atom is 0.0522 e. The molecule has 4 heteroatoms. The lowest BCUT2D eigenvalue weighted by atomic mass is 10.2. The van der Waals surface area contributed by atoms with Gasteiger partial charge in [0, 0.05) is 11.5 Å². The zero-order valence-corrected chi connectivity index (χ0v) is 9.86. The Morgan fingerprint density at radius 3 is 2.31 bits per heavy atom. The van der Waals surface area contributed by atoms with Crippen LogP contribution in [0.15, 0.2) is 30.3 Å². The van der Waals surface area contributed by atoms with Crippen molar-refractivity contribution in [2.75, 3.05) is 12.4 Å². The van der Waals surface area contributed by atoms with E-state index < -0.39 is 8.09 Å². The van der Waals surface area contributed by atoms with Crippen molar-refractivity contribution in [3.63, 3.8) is 0 Å². The fraction of sp³-hybridized carbons (Fsp3) is 0.333. The predicted molar refractivity (Wildman–Crippen MR) is 67.7 cm³/mol. The Morgan fingerprint density at radius 1 is 1.15 bits per heavy atom. The van der Waals surface area contributed by atoms with E-state index in [0.717, 1.165) is 5.75 Å². The molecular weight excluding hydrogens is 220 g/mol. The second kappa shape index (κ2) is 5.20. The quantitative estimate of drug-likeness (QED) is 0.540. The van der Waals surface area contributed by atoms with E-state index in [1.165, 1.54) is 5.56 Å². The normalized spacial score (nSPS) is 12.8. The largest absolute Gasteiger partial charge is 0.396 e. The molecular formula is C9H14OS3. The summed E-state index contributed by atoms with van der Waals surface area (Å²) in [4.78, 5) is 0. The summed E-state index contributed by atoms with van der Waals surface area (Å²) in [5.74, 6) is 1.52. The van der Waals surface area contributed by atoms with Crippen LogP contribution in [0.3, 0.4) is 0 Å². The molecule has 0 aromatic heterocycles. The van der Waals surface area contributed by atoms with Crippen LogP contribution in [-0.4, -0.2) is 17.5 Å². The number of thiol groups is 2. The van der Waals surface area contributed by atoms with Crippen molar-refractivity contribution >= 4 is 31.4 Å². The van der Waals surface area contributed by atoms with E-state index >= 15 is 0 Å². The average molecular weight is 234 g/mol. The number of rotatable bonds is 4. The third-order valence-corrected chi connectivity index (χ3v) is 5.16. The molecule has 0 unspecified atom stereocenters. The summed E-state index contributed by atoms with van der Waals surface area (Å²) >= 11 is 8.93. The van der Waals surface area contributed by atoms with Gasteiger partial charge in [-0.15, -0.1) is 31.4 Å². The van der Waals surface area contributed by atoms with Crippen molar-refractivity contribution in [1.82, 2.24) is 0 Å². The van der Waals surface area contributed by atoms with Crippen LogP contribution in [0, 0.1) is 0 Å². The topological polar surface area (TPSA) is 20.2 Å². The highest BCUT2D eigenvalue weighted by Gasteiger charge is 2.13. The minimum atomic E-state index is -1.25. The van der Waals surface area contributed by atoms with Crippen molar-refractivity contribution in [2.24, 2.45) is 0 Å². The lowest BCUT2D eigenvalue weighted by Crippen LogP contribution is -1.99. The number of aliphatic hydroxyl groups is 1. The van der Waals surface area contributed by atoms with Gasteiger partial charge in [-0.1, -0.05) is 30.3 Å².